The minimum absolute atomic E-state index is 0.0334. The van der Waals surface area contributed by atoms with Crippen molar-refractivity contribution in [1.29, 1.82) is 0 Å². The van der Waals surface area contributed by atoms with E-state index in [9.17, 15) is 4.79 Å². The zero-order valence-electron chi connectivity index (χ0n) is 17.8. The maximum Gasteiger partial charge on any atom is 0.234 e. The number of carbonyl (C=O) groups is 1. The number of benzene rings is 3. The summed E-state index contributed by atoms with van der Waals surface area (Å²) < 4.78 is 10.9. The van der Waals surface area contributed by atoms with Crippen molar-refractivity contribution in [3.8, 4) is 5.75 Å². The Bertz CT molecular complexity index is 944. The van der Waals surface area contributed by atoms with Gasteiger partial charge in [-0.2, -0.15) is 0 Å². The molecule has 1 N–H and O–H groups in total. The van der Waals surface area contributed by atoms with E-state index in [0.29, 0.717) is 26.3 Å². The summed E-state index contributed by atoms with van der Waals surface area (Å²) in [5.41, 5.74) is 2.34. The molecular weight excluding hydrogens is 376 g/mol. The number of rotatable bonds is 11. The molecule has 3 aromatic rings. The van der Waals surface area contributed by atoms with Crippen LogP contribution >= 0.6 is 0 Å². The molecule has 5 heteroatoms. The summed E-state index contributed by atoms with van der Waals surface area (Å²) in [5, 5.41) is 5.28. The highest BCUT2D eigenvalue weighted by atomic mass is 16.5. The molecule has 1 amide bonds. The second kappa shape index (κ2) is 11.3. The first-order valence-electron chi connectivity index (χ1n) is 10.3. The molecular formula is C25H30N2O3. The fourth-order valence-corrected chi connectivity index (χ4v) is 3.33. The van der Waals surface area contributed by atoms with E-state index in [4.69, 9.17) is 9.47 Å². The van der Waals surface area contributed by atoms with Crippen molar-refractivity contribution in [3.63, 3.8) is 0 Å². The number of fused-ring (bicyclic) bond motifs is 1. The molecule has 0 aliphatic rings. The van der Waals surface area contributed by atoms with Crippen molar-refractivity contribution in [2.75, 3.05) is 33.9 Å². The predicted octanol–water partition coefficient (Wildman–Crippen LogP) is 4.00. The molecule has 30 heavy (non-hydrogen) atoms. The molecule has 0 saturated carbocycles. The fourth-order valence-electron chi connectivity index (χ4n) is 3.33. The largest absolute Gasteiger partial charge is 0.497 e. The summed E-state index contributed by atoms with van der Waals surface area (Å²) >= 11 is 0. The maximum atomic E-state index is 12.2. The van der Waals surface area contributed by atoms with Crippen LogP contribution in [0.3, 0.4) is 0 Å². The van der Waals surface area contributed by atoms with Gasteiger partial charge in [0.15, 0.2) is 0 Å². The number of likely N-dealkylation sites (N-methyl/N-ethyl adjacent to an activating group) is 1. The number of nitrogens with zero attached hydrogens (tertiary/aromatic N) is 1. The van der Waals surface area contributed by atoms with Crippen molar-refractivity contribution in [2.45, 2.75) is 19.6 Å². The molecule has 0 heterocycles. The first-order valence-corrected chi connectivity index (χ1v) is 10.3. The lowest BCUT2D eigenvalue weighted by Gasteiger charge is -2.17. The van der Waals surface area contributed by atoms with Crippen LogP contribution in [0, 0.1) is 0 Å². The van der Waals surface area contributed by atoms with Crippen molar-refractivity contribution in [3.05, 3.63) is 77.9 Å². The van der Waals surface area contributed by atoms with Crippen molar-refractivity contribution >= 4 is 16.7 Å². The zero-order valence-corrected chi connectivity index (χ0v) is 17.8. The van der Waals surface area contributed by atoms with Crippen molar-refractivity contribution in [2.24, 2.45) is 0 Å². The van der Waals surface area contributed by atoms with Gasteiger partial charge in [0.1, 0.15) is 5.75 Å². The van der Waals surface area contributed by atoms with Crippen molar-refractivity contribution in [1.82, 2.24) is 10.2 Å². The molecule has 0 spiro atoms. The second-order valence-corrected chi connectivity index (χ2v) is 7.46. The van der Waals surface area contributed by atoms with Gasteiger partial charge >= 0.3 is 0 Å². The van der Waals surface area contributed by atoms with Gasteiger partial charge in [-0.1, -0.05) is 48.5 Å². The lowest BCUT2D eigenvalue weighted by atomic mass is 10.1. The van der Waals surface area contributed by atoms with Crippen LogP contribution < -0.4 is 10.1 Å². The van der Waals surface area contributed by atoms with Crippen LogP contribution in [0.2, 0.25) is 0 Å². The first kappa shape index (κ1) is 21.8. The number of carbonyl (C=O) groups excluding carboxylic acids is 1. The summed E-state index contributed by atoms with van der Waals surface area (Å²) in [6, 6.07) is 22.5. The summed E-state index contributed by atoms with van der Waals surface area (Å²) in [7, 11) is 3.63. The first-order chi connectivity index (χ1) is 14.6. The maximum absolute atomic E-state index is 12.2. The van der Waals surface area contributed by atoms with Gasteiger partial charge in [-0.15, -0.1) is 0 Å². The highest BCUT2D eigenvalue weighted by Crippen LogP contribution is 2.22. The summed E-state index contributed by atoms with van der Waals surface area (Å²) in [6.07, 6.45) is 0.802. The molecule has 0 aromatic heterocycles. The monoisotopic (exact) mass is 406 g/mol. The predicted molar refractivity (Wildman–Crippen MR) is 121 cm³/mol. The van der Waals surface area contributed by atoms with Gasteiger partial charge in [0.05, 0.1) is 20.3 Å². The Labute approximate surface area is 178 Å². The quantitative estimate of drug-likeness (QED) is 0.489. The normalized spacial score (nSPS) is 11.0. The van der Waals surface area contributed by atoms with Crippen molar-refractivity contribution < 1.29 is 14.3 Å². The molecule has 0 bridgehead atoms. The molecule has 0 aliphatic carbocycles. The lowest BCUT2D eigenvalue weighted by molar-refractivity contribution is -0.122. The molecule has 0 unspecified atom stereocenters. The van der Waals surface area contributed by atoms with E-state index in [1.165, 1.54) is 10.9 Å². The van der Waals surface area contributed by atoms with Gasteiger partial charge in [0.25, 0.3) is 0 Å². The number of hydrogen-bond acceptors (Lipinski definition) is 4. The van der Waals surface area contributed by atoms with Gasteiger partial charge < -0.3 is 14.8 Å². The summed E-state index contributed by atoms with van der Waals surface area (Å²) in [4.78, 5) is 14.2. The van der Waals surface area contributed by atoms with Crippen LogP contribution in [0.15, 0.2) is 66.7 Å². The van der Waals surface area contributed by atoms with Crippen LogP contribution in [0.25, 0.3) is 10.8 Å². The van der Waals surface area contributed by atoms with Gasteiger partial charge in [-0.25, -0.2) is 0 Å². The fraction of sp³-hybridized carbons (Fsp3) is 0.320. The third kappa shape index (κ3) is 6.87. The third-order valence-electron chi connectivity index (χ3n) is 4.88. The minimum Gasteiger partial charge on any atom is -0.497 e. The standard InChI is InChI=1S/C25H30N2O3/c1-27(17-21-9-10-23-16-24(29-2)12-11-22(23)15-21)18-25(28)26-13-6-14-30-19-20-7-4-3-5-8-20/h3-5,7-12,15-16H,6,13-14,17-19H2,1-2H3,(H,26,28). The average molecular weight is 407 g/mol. The second-order valence-electron chi connectivity index (χ2n) is 7.46. The van der Waals surface area contributed by atoms with Crippen LogP contribution in [0.5, 0.6) is 5.75 Å². The Hall–Kier alpha value is -2.89. The topological polar surface area (TPSA) is 50.8 Å². The van der Waals surface area contributed by atoms with Gasteiger partial charge in [-0.3, -0.25) is 9.69 Å². The van der Waals surface area contributed by atoms with Gasteiger partial charge in [0.2, 0.25) is 5.91 Å². The number of hydrogen-bond donors (Lipinski definition) is 1. The number of methoxy groups -OCH3 is 1. The van der Waals surface area contributed by atoms with E-state index in [2.05, 4.69) is 29.6 Å². The van der Waals surface area contributed by atoms with E-state index in [1.54, 1.807) is 7.11 Å². The molecule has 3 aromatic carbocycles. The van der Waals surface area contributed by atoms with Gasteiger partial charge in [0, 0.05) is 19.7 Å². The molecule has 0 saturated heterocycles. The molecule has 0 atom stereocenters. The third-order valence-corrected chi connectivity index (χ3v) is 4.88. The molecule has 158 valence electrons. The smallest absolute Gasteiger partial charge is 0.234 e. The Morgan fingerprint density at radius 2 is 1.73 bits per heavy atom. The van der Waals surface area contributed by atoms with Crippen LogP contribution in [-0.2, 0) is 22.7 Å². The van der Waals surface area contributed by atoms with E-state index in [1.807, 2.05) is 54.4 Å². The minimum atomic E-state index is 0.0334. The highest BCUT2D eigenvalue weighted by molar-refractivity contribution is 5.84. The number of ether oxygens (including phenoxy) is 2. The Kier molecular flexibility index (Phi) is 8.24. The molecule has 0 fully saturated rings. The Balaban J connectivity index is 1.34. The van der Waals surface area contributed by atoms with E-state index in [0.717, 1.165) is 29.7 Å². The molecule has 0 radical (unpaired) electrons. The summed E-state index contributed by atoms with van der Waals surface area (Å²) in [5.74, 6) is 0.889. The lowest BCUT2D eigenvalue weighted by Crippen LogP contribution is -2.35. The number of amides is 1. The number of nitrogens with one attached hydrogen (secondary N) is 1. The molecule has 0 aliphatic heterocycles. The zero-order chi connectivity index (χ0) is 21.2. The van der Waals surface area contributed by atoms with E-state index < -0.39 is 0 Å². The SMILES string of the molecule is COc1ccc2cc(CN(C)CC(=O)NCCCOCc3ccccc3)ccc2c1. The Morgan fingerprint density at radius 1 is 0.967 bits per heavy atom. The van der Waals surface area contributed by atoms with E-state index in [-0.39, 0.29) is 5.91 Å². The molecule has 5 nitrogen and oxygen atoms in total. The average Bonchev–Trinajstić information content (AvgIpc) is 2.76. The van der Waals surface area contributed by atoms with Gasteiger partial charge in [-0.05, 0) is 53.6 Å². The van der Waals surface area contributed by atoms with E-state index >= 15 is 0 Å². The summed E-state index contributed by atoms with van der Waals surface area (Å²) in [6.45, 7) is 2.95. The van der Waals surface area contributed by atoms with Crippen LogP contribution in [-0.4, -0.2) is 44.7 Å². The van der Waals surface area contributed by atoms with Crippen LogP contribution in [0.4, 0.5) is 0 Å². The Morgan fingerprint density at radius 3 is 2.53 bits per heavy atom. The molecule has 3 rings (SSSR count). The highest BCUT2D eigenvalue weighted by Gasteiger charge is 2.07. The van der Waals surface area contributed by atoms with Crippen LogP contribution in [0.1, 0.15) is 17.5 Å².